The Hall–Kier alpha value is -4.72. The third-order valence-electron chi connectivity index (χ3n) is 5.69. The van der Waals surface area contributed by atoms with Crippen molar-refractivity contribution in [3.8, 4) is 16.9 Å². The number of esters is 1. The molecule has 1 heterocycles. The lowest BCUT2D eigenvalue weighted by Crippen LogP contribution is -2.28. The van der Waals surface area contributed by atoms with E-state index in [9.17, 15) is 14.4 Å². The highest BCUT2D eigenvalue weighted by Crippen LogP contribution is 2.25. The van der Waals surface area contributed by atoms with Crippen molar-refractivity contribution in [3.63, 3.8) is 0 Å². The Morgan fingerprint density at radius 3 is 2.25 bits per heavy atom. The molecule has 1 saturated carbocycles. The summed E-state index contributed by atoms with van der Waals surface area (Å²) in [7, 11) is 0. The van der Waals surface area contributed by atoms with Gasteiger partial charge in [0, 0.05) is 17.8 Å². The van der Waals surface area contributed by atoms with Gasteiger partial charge in [0.05, 0.1) is 16.9 Å². The molecule has 180 valence electrons. The zero-order valence-corrected chi connectivity index (χ0v) is 19.4. The molecule has 8 nitrogen and oxygen atoms in total. The first-order valence-corrected chi connectivity index (χ1v) is 11.7. The molecule has 3 aromatic carbocycles. The number of benzene rings is 3. The zero-order valence-electron chi connectivity index (χ0n) is 19.4. The van der Waals surface area contributed by atoms with Crippen molar-refractivity contribution in [2.24, 2.45) is 0 Å². The summed E-state index contributed by atoms with van der Waals surface area (Å²) in [4.78, 5) is 38.1. The predicted molar refractivity (Wildman–Crippen MR) is 135 cm³/mol. The monoisotopic (exact) mass is 480 g/mol. The van der Waals surface area contributed by atoms with E-state index in [1.54, 1.807) is 35.1 Å². The Balaban J connectivity index is 1.30. The van der Waals surface area contributed by atoms with Gasteiger partial charge >= 0.3 is 5.97 Å². The minimum absolute atomic E-state index is 0.192. The van der Waals surface area contributed by atoms with Gasteiger partial charge in [-0.3, -0.25) is 9.59 Å². The van der Waals surface area contributed by atoms with Gasteiger partial charge in [-0.25, -0.2) is 9.48 Å². The summed E-state index contributed by atoms with van der Waals surface area (Å²) in [6, 6.07) is 25.6. The van der Waals surface area contributed by atoms with E-state index in [0.717, 1.165) is 24.1 Å². The van der Waals surface area contributed by atoms with E-state index in [1.807, 2.05) is 60.7 Å². The molecule has 2 amide bonds. The smallest absolute Gasteiger partial charge is 0.342 e. The molecule has 0 unspecified atom stereocenters. The number of aromatic nitrogens is 2. The van der Waals surface area contributed by atoms with Crippen molar-refractivity contribution in [3.05, 3.63) is 102 Å². The molecule has 0 saturated heterocycles. The van der Waals surface area contributed by atoms with Crippen molar-refractivity contribution in [2.45, 2.75) is 18.9 Å². The van der Waals surface area contributed by atoms with E-state index < -0.39 is 18.5 Å². The Kier molecular flexibility index (Phi) is 6.57. The summed E-state index contributed by atoms with van der Waals surface area (Å²) in [6.07, 6.45) is 3.51. The van der Waals surface area contributed by atoms with E-state index in [4.69, 9.17) is 4.74 Å². The number of hydrogen-bond acceptors (Lipinski definition) is 5. The van der Waals surface area contributed by atoms with Crippen LogP contribution >= 0.6 is 0 Å². The molecule has 8 heteroatoms. The van der Waals surface area contributed by atoms with Crippen LogP contribution in [0.1, 0.15) is 33.6 Å². The highest BCUT2D eigenvalue weighted by atomic mass is 16.5. The lowest BCUT2D eigenvalue weighted by atomic mass is 10.1. The van der Waals surface area contributed by atoms with Crippen molar-refractivity contribution in [2.75, 3.05) is 11.9 Å². The number of anilines is 1. The molecular formula is C28H24N4O4. The van der Waals surface area contributed by atoms with Crippen LogP contribution in [-0.4, -0.2) is 40.2 Å². The molecule has 4 aromatic rings. The highest BCUT2D eigenvalue weighted by molar-refractivity contribution is 6.05. The molecular weight excluding hydrogens is 456 g/mol. The van der Waals surface area contributed by atoms with Gasteiger partial charge in [0.25, 0.3) is 11.8 Å². The first-order valence-electron chi connectivity index (χ1n) is 11.7. The van der Waals surface area contributed by atoms with E-state index in [-0.39, 0.29) is 17.5 Å². The minimum Gasteiger partial charge on any atom is -0.452 e. The number of ether oxygens (including phenoxy) is 1. The van der Waals surface area contributed by atoms with E-state index in [2.05, 4.69) is 15.7 Å². The topological polar surface area (TPSA) is 102 Å². The van der Waals surface area contributed by atoms with E-state index in [0.29, 0.717) is 16.9 Å². The normalized spacial score (nSPS) is 12.6. The number of carbonyl (C=O) groups is 3. The summed E-state index contributed by atoms with van der Waals surface area (Å²) >= 11 is 0. The van der Waals surface area contributed by atoms with Gasteiger partial charge in [-0.05, 0) is 37.1 Å². The van der Waals surface area contributed by atoms with Crippen LogP contribution in [0.4, 0.5) is 5.69 Å². The summed E-state index contributed by atoms with van der Waals surface area (Å²) in [5.41, 5.74) is 2.94. The molecule has 0 spiro atoms. The van der Waals surface area contributed by atoms with Gasteiger partial charge < -0.3 is 15.4 Å². The summed E-state index contributed by atoms with van der Waals surface area (Å²) in [5, 5.41) is 10.2. The molecule has 1 aliphatic carbocycles. The second-order valence-electron chi connectivity index (χ2n) is 8.46. The van der Waals surface area contributed by atoms with Crippen LogP contribution in [0.3, 0.4) is 0 Å². The van der Waals surface area contributed by atoms with Crippen LogP contribution in [0.2, 0.25) is 0 Å². The van der Waals surface area contributed by atoms with Crippen molar-refractivity contribution >= 4 is 23.5 Å². The predicted octanol–water partition coefficient (Wildman–Crippen LogP) is 4.23. The number of amides is 2. The molecule has 0 aliphatic heterocycles. The number of carbonyl (C=O) groups excluding carboxylic acids is 3. The molecule has 0 bridgehead atoms. The second-order valence-corrected chi connectivity index (χ2v) is 8.46. The number of para-hydroxylation sites is 2. The molecule has 5 rings (SSSR count). The number of hydrogen-bond donors (Lipinski definition) is 2. The Morgan fingerprint density at radius 1 is 0.861 bits per heavy atom. The summed E-state index contributed by atoms with van der Waals surface area (Å²) < 4.78 is 6.95. The maximum Gasteiger partial charge on any atom is 0.342 e. The Bertz CT molecular complexity index is 1400. The Morgan fingerprint density at radius 2 is 1.53 bits per heavy atom. The molecule has 0 radical (unpaired) electrons. The summed E-state index contributed by atoms with van der Waals surface area (Å²) in [6.45, 7) is -0.512. The molecule has 1 aliphatic rings. The van der Waals surface area contributed by atoms with Crippen molar-refractivity contribution in [1.82, 2.24) is 15.1 Å². The first kappa shape index (κ1) is 23.0. The van der Waals surface area contributed by atoms with Gasteiger partial charge in [-0.2, -0.15) is 5.10 Å². The third-order valence-corrected chi connectivity index (χ3v) is 5.69. The standard InChI is InChI=1S/C28H24N4O4/c33-25(30-24-14-8-7-13-22(24)27(34)29-20-15-16-20)18-36-28(35)23-17-32(21-11-5-2-6-12-21)31-26(23)19-9-3-1-4-10-19/h1-14,17,20H,15-16,18H2,(H,29,34)(H,30,33). The molecule has 36 heavy (non-hydrogen) atoms. The average Bonchev–Trinajstić information content (AvgIpc) is 3.62. The maximum absolute atomic E-state index is 13.0. The van der Waals surface area contributed by atoms with Gasteiger partial charge in [0.2, 0.25) is 0 Å². The Labute approximate surface area is 207 Å². The number of nitrogens with zero attached hydrogens (tertiary/aromatic N) is 2. The van der Waals surface area contributed by atoms with Gasteiger partial charge in [0.15, 0.2) is 6.61 Å². The van der Waals surface area contributed by atoms with Gasteiger partial charge in [0.1, 0.15) is 11.3 Å². The van der Waals surface area contributed by atoms with E-state index in [1.165, 1.54) is 0 Å². The minimum atomic E-state index is -0.675. The number of rotatable bonds is 8. The zero-order chi connectivity index (χ0) is 24.9. The fraction of sp³-hybridized carbons (Fsp3) is 0.143. The molecule has 1 aromatic heterocycles. The number of nitrogens with one attached hydrogen (secondary N) is 2. The largest absolute Gasteiger partial charge is 0.452 e. The third kappa shape index (κ3) is 5.33. The second kappa shape index (κ2) is 10.3. The van der Waals surface area contributed by atoms with Crippen LogP contribution in [-0.2, 0) is 9.53 Å². The maximum atomic E-state index is 13.0. The fourth-order valence-electron chi connectivity index (χ4n) is 3.72. The summed E-state index contributed by atoms with van der Waals surface area (Å²) in [5.74, 6) is -1.47. The van der Waals surface area contributed by atoms with Crippen molar-refractivity contribution in [1.29, 1.82) is 0 Å². The lowest BCUT2D eigenvalue weighted by Gasteiger charge is -2.11. The fourth-order valence-corrected chi connectivity index (χ4v) is 3.72. The quantitative estimate of drug-likeness (QED) is 0.368. The van der Waals surface area contributed by atoms with Gasteiger partial charge in [-0.1, -0.05) is 60.7 Å². The van der Waals surface area contributed by atoms with Crippen LogP contribution in [0.15, 0.2) is 91.1 Å². The van der Waals surface area contributed by atoms with Crippen LogP contribution in [0.25, 0.3) is 16.9 Å². The van der Waals surface area contributed by atoms with Crippen LogP contribution < -0.4 is 10.6 Å². The first-order chi connectivity index (χ1) is 17.6. The highest BCUT2D eigenvalue weighted by Gasteiger charge is 2.25. The lowest BCUT2D eigenvalue weighted by molar-refractivity contribution is -0.119. The molecule has 2 N–H and O–H groups in total. The van der Waals surface area contributed by atoms with Crippen LogP contribution in [0.5, 0.6) is 0 Å². The molecule has 1 fully saturated rings. The van der Waals surface area contributed by atoms with E-state index >= 15 is 0 Å². The van der Waals surface area contributed by atoms with Crippen LogP contribution in [0, 0.1) is 0 Å². The average molecular weight is 481 g/mol. The van der Waals surface area contributed by atoms with Crippen molar-refractivity contribution < 1.29 is 19.1 Å². The SMILES string of the molecule is O=C(COC(=O)c1cn(-c2ccccc2)nc1-c1ccccc1)Nc1ccccc1C(=O)NC1CC1. The molecule has 0 atom stereocenters. The van der Waals surface area contributed by atoms with Gasteiger partial charge in [-0.15, -0.1) is 0 Å².